The van der Waals surface area contributed by atoms with Gasteiger partial charge in [0.05, 0.1) is 12.0 Å². The van der Waals surface area contributed by atoms with Crippen LogP contribution in [0.4, 0.5) is 5.69 Å². The van der Waals surface area contributed by atoms with Crippen molar-refractivity contribution in [2.75, 3.05) is 5.32 Å². The molecular formula is C17H16N4O3. The van der Waals surface area contributed by atoms with E-state index >= 15 is 0 Å². The van der Waals surface area contributed by atoms with Gasteiger partial charge in [-0.1, -0.05) is 19.1 Å². The fourth-order valence-corrected chi connectivity index (χ4v) is 2.46. The number of aliphatic carboxylic acids is 1. The quantitative estimate of drug-likeness (QED) is 0.750. The molecule has 0 aliphatic heterocycles. The zero-order chi connectivity index (χ0) is 17.1. The summed E-state index contributed by atoms with van der Waals surface area (Å²) >= 11 is 0. The van der Waals surface area contributed by atoms with Crippen molar-refractivity contribution >= 4 is 23.2 Å². The summed E-state index contributed by atoms with van der Waals surface area (Å²) < 4.78 is 1.80. The first-order valence-electron chi connectivity index (χ1n) is 7.53. The number of carboxylic acid groups (broad SMARTS) is 1. The van der Waals surface area contributed by atoms with Gasteiger partial charge in [0.25, 0.3) is 5.91 Å². The van der Waals surface area contributed by atoms with Gasteiger partial charge in [0.2, 0.25) is 0 Å². The van der Waals surface area contributed by atoms with Crippen molar-refractivity contribution in [3.8, 4) is 0 Å². The number of nitrogens with zero attached hydrogens (tertiary/aromatic N) is 3. The highest BCUT2D eigenvalue weighted by Gasteiger charge is 2.14. The SMILES string of the molecule is CCc1nnc2c(C(=O)Nc3ccc(CC(=O)O)cc3)cccn12. The molecule has 3 rings (SSSR count). The molecule has 1 aromatic carbocycles. The van der Waals surface area contributed by atoms with Gasteiger partial charge in [0, 0.05) is 18.3 Å². The number of benzene rings is 1. The van der Waals surface area contributed by atoms with Crippen LogP contribution in [0.15, 0.2) is 42.6 Å². The molecule has 2 aromatic heterocycles. The number of amides is 1. The number of fused-ring (bicyclic) bond motifs is 1. The maximum Gasteiger partial charge on any atom is 0.307 e. The highest BCUT2D eigenvalue weighted by atomic mass is 16.4. The van der Waals surface area contributed by atoms with Gasteiger partial charge < -0.3 is 10.4 Å². The smallest absolute Gasteiger partial charge is 0.307 e. The number of rotatable bonds is 5. The van der Waals surface area contributed by atoms with Crippen LogP contribution >= 0.6 is 0 Å². The molecule has 0 fully saturated rings. The summed E-state index contributed by atoms with van der Waals surface area (Å²) in [4.78, 5) is 23.2. The molecular weight excluding hydrogens is 308 g/mol. The van der Waals surface area contributed by atoms with E-state index in [9.17, 15) is 9.59 Å². The van der Waals surface area contributed by atoms with Gasteiger partial charge in [0.15, 0.2) is 5.65 Å². The van der Waals surface area contributed by atoms with Crippen molar-refractivity contribution in [2.24, 2.45) is 0 Å². The van der Waals surface area contributed by atoms with E-state index in [-0.39, 0.29) is 12.3 Å². The Hall–Kier alpha value is -3.22. The molecule has 0 bridgehead atoms. The van der Waals surface area contributed by atoms with Crippen molar-refractivity contribution in [1.29, 1.82) is 0 Å². The summed E-state index contributed by atoms with van der Waals surface area (Å²) in [6.45, 7) is 1.97. The average Bonchev–Trinajstić information content (AvgIpc) is 2.99. The van der Waals surface area contributed by atoms with Crippen LogP contribution in [0.2, 0.25) is 0 Å². The van der Waals surface area contributed by atoms with E-state index in [0.717, 1.165) is 12.2 Å². The van der Waals surface area contributed by atoms with E-state index < -0.39 is 5.97 Å². The molecule has 0 radical (unpaired) electrons. The van der Waals surface area contributed by atoms with E-state index in [4.69, 9.17) is 5.11 Å². The maximum absolute atomic E-state index is 12.5. The van der Waals surface area contributed by atoms with Gasteiger partial charge in [-0.2, -0.15) is 0 Å². The molecule has 0 spiro atoms. The molecule has 0 aliphatic rings. The second-order valence-electron chi connectivity index (χ2n) is 5.31. The van der Waals surface area contributed by atoms with E-state index in [1.807, 2.05) is 13.1 Å². The number of aromatic nitrogens is 3. The Kier molecular flexibility index (Phi) is 4.24. The predicted molar refractivity (Wildman–Crippen MR) is 88.1 cm³/mol. The molecule has 3 aromatic rings. The number of nitrogens with one attached hydrogen (secondary N) is 1. The largest absolute Gasteiger partial charge is 0.481 e. The number of pyridine rings is 1. The topological polar surface area (TPSA) is 96.6 Å². The highest BCUT2D eigenvalue weighted by molar-refractivity contribution is 6.08. The first-order valence-corrected chi connectivity index (χ1v) is 7.53. The van der Waals surface area contributed by atoms with Crippen molar-refractivity contribution in [3.05, 3.63) is 59.5 Å². The molecule has 0 aliphatic carbocycles. The first kappa shape index (κ1) is 15.7. The summed E-state index contributed by atoms with van der Waals surface area (Å²) in [6.07, 6.45) is 2.50. The van der Waals surface area contributed by atoms with Crippen molar-refractivity contribution in [1.82, 2.24) is 14.6 Å². The number of hydrogen-bond donors (Lipinski definition) is 2. The molecule has 24 heavy (non-hydrogen) atoms. The lowest BCUT2D eigenvalue weighted by Crippen LogP contribution is -2.13. The summed E-state index contributed by atoms with van der Waals surface area (Å²) in [6, 6.07) is 10.2. The fraction of sp³-hybridized carbons (Fsp3) is 0.176. The summed E-state index contributed by atoms with van der Waals surface area (Å²) in [5.41, 5.74) is 2.20. The lowest BCUT2D eigenvalue weighted by atomic mass is 10.1. The van der Waals surface area contributed by atoms with Gasteiger partial charge in [-0.05, 0) is 29.8 Å². The van der Waals surface area contributed by atoms with E-state index in [2.05, 4.69) is 15.5 Å². The monoisotopic (exact) mass is 324 g/mol. The minimum atomic E-state index is -0.892. The number of aryl methyl sites for hydroxylation is 1. The van der Waals surface area contributed by atoms with Crippen LogP contribution in [-0.2, 0) is 17.6 Å². The predicted octanol–water partition coefficient (Wildman–Crippen LogP) is 2.17. The molecule has 0 unspecified atom stereocenters. The zero-order valence-corrected chi connectivity index (χ0v) is 13.1. The van der Waals surface area contributed by atoms with Crippen LogP contribution in [0.1, 0.15) is 28.7 Å². The molecule has 122 valence electrons. The minimum absolute atomic E-state index is 0.0485. The minimum Gasteiger partial charge on any atom is -0.481 e. The molecule has 1 amide bonds. The van der Waals surface area contributed by atoms with E-state index in [1.54, 1.807) is 40.8 Å². The normalized spacial score (nSPS) is 10.7. The first-order chi connectivity index (χ1) is 11.6. The summed E-state index contributed by atoms with van der Waals surface area (Å²) in [5.74, 6) is -0.392. The van der Waals surface area contributed by atoms with Crippen molar-refractivity contribution in [3.63, 3.8) is 0 Å². The Balaban J connectivity index is 1.82. The number of carbonyl (C=O) groups is 2. The Labute approximate surface area is 138 Å². The van der Waals surface area contributed by atoms with Gasteiger partial charge in [-0.25, -0.2) is 0 Å². The third-order valence-electron chi connectivity index (χ3n) is 3.63. The van der Waals surface area contributed by atoms with Gasteiger partial charge in [-0.3, -0.25) is 14.0 Å². The average molecular weight is 324 g/mol. The molecule has 0 atom stereocenters. The van der Waals surface area contributed by atoms with Gasteiger partial charge in [0.1, 0.15) is 5.82 Å². The molecule has 7 heteroatoms. The van der Waals surface area contributed by atoms with Crippen molar-refractivity contribution in [2.45, 2.75) is 19.8 Å². The fourth-order valence-electron chi connectivity index (χ4n) is 2.46. The third kappa shape index (κ3) is 3.10. The number of carboxylic acids is 1. The Morgan fingerprint density at radius 3 is 2.58 bits per heavy atom. The Morgan fingerprint density at radius 1 is 1.17 bits per heavy atom. The summed E-state index contributed by atoms with van der Waals surface area (Å²) in [7, 11) is 0. The molecule has 0 saturated carbocycles. The van der Waals surface area contributed by atoms with E-state index in [0.29, 0.717) is 22.5 Å². The van der Waals surface area contributed by atoms with Gasteiger partial charge >= 0.3 is 5.97 Å². The maximum atomic E-state index is 12.5. The van der Waals surface area contributed by atoms with Gasteiger partial charge in [-0.15, -0.1) is 10.2 Å². The Bertz CT molecular complexity index is 900. The molecule has 2 heterocycles. The number of carbonyl (C=O) groups excluding carboxylic acids is 1. The molecule has 2 N–H and O–H groups in total. The standard InChI is InChI=1S/C17H16N4O3/c1-2-14-19-20-16-13(4-3-9-21(14)16)17(24)18-12-7-5-11(6-8-12)10-15(22)23/h3-9H,2,10H2,1H3,(H,18,24)(H,22,23). The molecule has 7 nitrogen and oxygen atoms in total. The second-order valence-corrected chi connectivity index (χ2v) is 5.31. The van der Waals surface area contributed by atoms with Crippen LogP contribution in [0.3, 0.4) is 0 Å². The van der Waals surface area contributed by atoms with Crippen LogP contribution in [-0.4, -0.2) is 31.6 Å². The zero-order valence-electron chi connectivity index (χ0n) is 13.1. The van der Waals surface area contributed by atoms with Crippen LogP contribution in [0, 0.1) is 0 Å². The summed E-state index contributed by atoms with van der Waals surface area (Å²) in [5, 5.41) is 19.7. The second kappa shape index (κ2) is 6.49. The number of anilines is 1. The third-order valence-corrected chi connectivity index (χ3v) is 3.63. The number of hydrogen-bond acceptors (Lipinski definition) is 4. The van der Waals surface area contributed by atoms with Crippen molar-refractivity contribution < 1.29 is 14.7 Å². The van der Waals surface area contributed by atoms with E-state index in [1.165, 1.54) is 0 Å². The van der Waals surface area contributed by atoms with Crippen LogP contribution in [0.25, 0.3) is 5.65 Å². The molecule has 0 saturated heterocycles. The van der Waals surface area contributed by atoms with Crippen LogP contribution in [0.5, 0.6) is 0 Å². The lowest BCUT2D eigenvalue weighted by Gasteiger charge is -2.07. The Morgan fingerprint density at radius 2 is 1.92 bits per heavy atom. The highest BCUT2D eigenvalue weighted by Crippen LogP contribution is 2.15. The lowest BCUT2D eigenvalue weighted by molar-refractivity contribution is -0.136. The van der Waals surface area contributed by atoms with Crippen LogP contribution < -0.4 is 5.32 Å².